The molecule has 2 N–H and O–H groups in total. The fourth-order valence-corrected chi connectivity index (χ4v) is 4.10. The molecule has 0 aliphatic heterocycles. The molecule has 0 aromatic heterocycles. The molecule has 0 heterocycles. The number of unbranched alkanes of at least 4 members (excludes halogenated alkanes) is 1. The van der Waals surface area contributed by atoms with Crippen molar-refractivity contribution in [3.8, 4) is 5.75 Å². The van der Waals surface area contributed by atoms with Crippen LogP contribution in [0.5, 0.6) is 5.75 Å². The number of carbonyl (C=O) groups excluding carboxylic acids is 3. The van der Waals surface area contributed by atoms with E-state index in [4.69, 9.17) is 4.74 Å². The highest BCUT2D eigenvalue weighted by molar-refractivity contribution is 5.91. The van der Waals surface area contributed by atoms with Crippen molar-refractivity contribution < 1.29 is 19.1 Å². The average molecular weight is 524 g/mol. The summed E-state index contributed by atoms with van der Waals surface area (Å²) >= 11 is 0. The van der Waals surface area contributed by atoms with E-state index in [1.165, 1.54) is 0 Å². The molecule has 7 nitrogen and oxygen atoms in total. The Hall–Kier alpha value is -3.19. The predicted molar refractivity (Wildman–Crippen MR) is 152 cm³/mol. The number of rotatable bonds is 13. The predicted octanol–water partition coefficient (Wildman–Crippen LogP) is 4.99. The number of carbonyl (C=O) groups is 3. The highest BCUT2D eigenvalue weighted by Gasteiger charge is 2.30. The van der Waals surface area contributed by atoms with Gasteiger partial charge in [0.25, 0.3) is 0 Å². The van der Waals surface area contributed by atoms with Crippen LogP contribution in [0.4, 0.5) is 0 Å². The zero-order chi connectivity index (χ0) is 28.3. The number of amides is 2. The lowest BCUT2D eigenvalue weighted by molar-refractivity contribution is -0.132. The van der Waals surface area contributed by atoms with Crippen LogP contribution in [0.15, 0.2) is 54.6 Å². The van der Waals surface area contributed by atoms with Crippen LogP contribution in [0.3, 0.4) is 0 Å². The maximum atomic E-state index is 13.5. The summed E-state index contributed by atoms with van der Waals surface area (Å²) in [6.45, 7) is 12.9. The van der Waals surface area contributed by atoms with Gasteiger partial charge >= 0.3 is 5.97 Å². The maximum absolute atomic E-state index is 13.5. The van der Waals surface area contributed by atoms with Crippen molar-refractivity contribution >= 4 is 17.8 Å². The Kier molecular flexibility index (Phi) is 12.0. The van der Waals surface area contributed by atoms with E-state index >= 15 is 0 Å². The standard InChI is InChI=1S/C31H45N3O4/c1-8-9-19-34(7)27(20-22(2)3)29(36)32-26(28(35)33-31(4,5)6)21-23-15-17-25(18-16-23)38-30(37)24-13-11-10-12-14-24/h10-18,22,26-27H,8-9,19-21H2,1-7H3,(H,32,36)(H,33,35)/t26-,27-/m0/s1. The van der Waals surface area contributed by atoms with Crippen LogP contribution in [-0.4, -0.2) is 53.9 Å². The van der Waals surface area contributed by atoms with Crippen LogP contribution in [0.1, 0.15) is 76.7 Å². The van der Waals surface area contributed by atoms with Crippen molar-refractivity contribution in [1.82, 2.24) is 15.5 Å². The minimum Gasteiger partial charge on any atom is -0.423 e. The van der Waals surface area contributed by atoms with Crippen molar-refractivity contribution in [3.63, 3.8) is 0 Å². The van der Waals surface area contributed by atoms with Gasteiger partial charge in [-0.05, 0) is 83.0 Å². The van der Waals surface area contributed by atoms with Crippen LogP contribution in [0, 0.1) is 5.92 Å². The minimum absolute atomic E-state index is 0.139. The minimum atomic E-state index is -0.742. The number of benzene rings is 2. The topological polar surface area (TPSA) is 87.7 Å². The molecule has 0 saturated carbocycles. The zero-order valence-electron chi connectivity index (χ0n) is 24.0. The van der Waals surface area contributed by atoms with E-state index in [-0.39, 0.29) is 17.9 Å². The quantitative estimate of drug-likeness (QED) is 0.285. The first-order chi connectivity index (χ1) is 17.9. The number of hydrogen-bond acceptors (Lipinski definition) is 5. The van der Waals surface area contributed by atoms with Crippen LogP contribution in [0.25, 0.3) is 0 Å². The van der Waals surface area contributed by atoms with Crippen LogP contribution >= 0.6 is 0 Å². The molecule has 0 unspecified atom stereocenters. The van der Waals surface area contributed by atoms with Crippen molar-refractivity contribution in [2.75, 3.05) is 13.6 Å². The molecule has 2 aromatic carbocycles. The van der Waals surface area contributed by atoms with Gasteiger partial charge in [0, 0.05) is 12.0 Å². The Morgan fingerprint density at radius 1 is 0.947 bits per heavy atom. The molecule has 0 radical (unpaired) electrons. The fraction of sp³-hybridized carbons (Fsp3) is 0.516. The Labute approximate surface area is 228 Å². The molecule has 2 aromatic rings. The van der Waals surface area contributed by atoms with Gasteiger partial charge in [-0.15, -0.1) is 0 Å². The summed E-state index contributed by atoms with van der Waals surface area (Å²) in [4.78, 5) is 41.2. The summed E-state index contributed by atoms with van der Waals surface area (Å²) in [5.41, 5.74) is 0.877. The van der Waals surface area contributed by atoms with Gasteiger partial charge in [0.1, 0.15) is 11.8 Å². The molecule has 2 amide bonds. The van der Waals surface area contributed by atoms with Crippen molar-refractivity contribution in [2.45, 2.75) is 84.8 Å². The Bertz CT molecular complexity index is 1030. The number of nitrogens with one attached hydrogen (secondary N) is 2. The van der Waals surface area contributed by atoms with Gasteiger partial charge in [-0.1, -0.05) is 57.5 Å². The maximum Gasteiger partial charge on any atom is 0.343 e. The third kappa shape index (κ3) is 10.7. The third-order valence-corrected chi connectivity index (χ3v) is 6.11. The molecule has 0 bridgehead atoms. The molecule has 0 spiro atoms. The highest BCUT2D eigenvalue weighted by atomic mass is 16.5. The van der Waals surface area contributed by atoms with Gasteiger partial charge in [-0.2, -0.15) is 0 Å². The second kappa shape index (κ2) is 14.7. The van der Waals surface area contributed by atoms with E-state index in [0.717, 1.165) is 24.9 Å². The molecule has 0 aliphatic rings. The number of nitrogens with zero attached hydrogens (tertiary/aromatic N) is 1. The van der Waals surface area contributed by atoms with E-state index < -0.39 is 17.6 Å². The molecular weight excluding hydrogens is 478 g/mol. The summed E-state index contributed by atoms with van der Waals surface area (Å²) in [5, 5.41) is 6.05. The number of hydrogen-bond donors (Lipinski definition) is 2. The molecule has 38 heavy (non-hydrogen) atoms. The SMILES string of the molecule is CCCCN(C)[C@@H](CC(C)C)C(=O)N[C@@H](Cc1ccc(OC(=O)c2ccccc2)cc1)C(=O)NC(C)(C)C. The second-order valence-electron chi connectivity index (χ2n) is 11.4. The van der Waals surface area contributed by atoms with Crippen LogP contribution in [-0.2, 0) is 16.0 Å². The number of ether oxygens (including phenoxy) is 1. The smallest absolute Gasteiger partial charge is 0.343 e. The lowest BCUT2D eigenvalue weighted by atomic mass is 9.99. The molecule has 208 valence electrons. The van der Waals surface area contributed by atoms with Crippen molar-refractivity contribution in [1.29, 1.82) is 0 Å². The fourth-order valence-electron chi connectivity index (χ4n) is 4.10. The van der Waals surface area contributed by atoms with E-state index in [9.17, 15) is 14.4 Å². The first-order valence-electron chi connectivity index (χ1n) is 13.6. The van der Waals surface area contributed by atoms with Gasteiger partial charge in [-0.25, -0.2) is 4.79 Å². The first-order valence-corrected chi connectivity index (χ1v) is 13.6. The molecule has 2 rings (SSSR count). The normalized spacial score (nSPS) is 13.2. The molecular formula is C31H45N3O4. The zero-order valence-corrected chi connectivity index (χ0v) is 24.0. The lowest BCUT2D eigenvalue weighted by Gasteiger charge is -2.31. The Morgan fingerprint density at radius 3 is 2.13 bits per heavy atom. The summed E-state index contributed by atoms with van der Waals surface area (Å²) in [5.74, 6) is -0.0548. The van der Waals surface area contributed by atoms with E-state index in [1.807, 2.05) is 46.0 Å². The largest absolute Gasteiger partial charge is 0.423 e. The van der Waals surface area contributed by atoms with Crippen LogP contribution in [0.2, 0.25) is 0 Å². The highest BCUT2D eigenvalue weighted by Crippen LogP contribution is 2.17. The summed E-state index contributed by atoms with van der Waals surface area (Å²) < 4.78 is 5.47. The monoisotopic (exact) mass is 523 g/mol. The van der Waals surface area contributed by atoms with Gasteiger partial charge in [0.15, 0.2) is 0 Å². The van der Waals surface area contributed by atoms with Crippen LogP contribution < -0.4 is 15.4 Å². The summed E-state index contributed by atoms with van der Waals surface area (Å²) in [6, 6.07) is 14.8. The molecule has 0 saturated heterocycles. The summed E-state index contributed by atoms with van der Waals surface area (Å²) in [6.07, 6.45) is 3.08. The average Bonchev–Trinajstić information content (AvgIpc) is 2.85. The summed E-state index contributed by atoms with van der Waals surface area (Å²) in [7, 11) is 1.97. The first kappa shape index (κ1) is 31.0. The van der Waals surface area contributed by atoms with Gasteiger partial charge in [0.2, 0.25) is 11.8 Å². The molecule has 2 atom stereocenters. The van der Waals surface area contributed by atoms with E-state index in [2.05, 4.69) is 36.3 Å². The second-order valence-corrected chi connectivity index (χ2v) is 11.4. The molecule has 0 fully saturated rings. The van der Waals surface area contributed by atoms with E-state index in [1.54, 1.807) is 36.4 Å². The molecule has 0 aliphatic carbocycles. The Balaban J connectivity index is 2.18. The Morgan fingerprint density at radius 2 is 1.58 bits per heavy atom. The van der Waals surface area contributed by atoms with Crippen molar-refractivity contribution in [3.05, 3.63) is 65.7 Å². The van der Waals surface area contributed by atoms with Gasteiger partial charge < -0.3 is 15.4 Å². The molecule has 7 heteroatoms. The lowest BCUT2D eigenvalue weighted by Crippen LogP contribution is -2.56. The van der Waals surface area contributed by atoms with Gasteiger partial charge in [0.05, 0.1) is 11.6 Å². The van der Waals surface area contributed by atoms with E-state index in [0.29, 0.717) is 30.1 Å². The number of likely N-dealkylation sites (N-methyl/N-ethyl adjacent to an activating group) is 1. The van der Waals surface area contributed by atoms with Gasteiger partial charge in [-0.3, -0.25) is 14.5 Å². The van der Waals surface area contributed by atoms with Crippen molar-refractivity contribution in [2.24, 2.45) is 5.92 Å². The number of esters is 1. The third-order valence-electron chi connectivity index (χ3n) is 6.11.